The standard InChI is InChI=1S/C4H6N2O3.C2H7NO/c5-6-3(7)1-2-4(8)9;3-1-2-4/h1-2H,5H2,(H,6,7)(H,8,9);4H,1-3H2/b2-1-;. The largest absolute Gasteiger partial charge is 0.478 e. The molecule has 1 amide bonds. The van der Waals surface area contributed by atoms with Crippen LogP contribution in [-0.2, 0) is 9.59 Å². The molecule has 7 nitrogen and oxygen atoms in total. The van der Waals surface area contributed by atoms with Crippen molar-refractivity contribution in [3.05, 3.63) is 12.2 Å². The fourth-order valence-corrected chi connectivity index (χ4v) is 0.195. The number of aliphatic hydroxyl groups is 1. The fourth-order valence-electron chi connectivity index (χ4n) is 0.195. The minimum absolute atomic E-state index is 0.0972. The first-order valence-electron chi connectivity index (χ1n) is 3.31. The smallest absolute Gasteiger partial charge is 0.328 e. The van der Waals surface area contributed by atoms with Crippen molar-refractivity contribution in [3.8, 4) is 0 Å². The van der Waals surface area contributed by atoms with E-state index >= 15 is 0 Å². The molecule has 0 saturated carbocycles. The molecule has 0 unspecified atom stereocenters. The number of carboxylic acid groups (broad SMARTS) is 1. The number of hydrazine groups is 1. The molecular weight excluding hydrogens is 178 g/mol. The number of aliphatic carboxylic acids is 1. The quantitative estimate of drug-likeness (QED) is 0.145. The van der Waals surface area contributed by atoms with E-state index in [1.54, 1.807) is 5.43 Å². The highest BCUT2D eigenvalue weighted by Gasteiger charge is 1.90. The van der Waals surface area contributed by atoms with Crippen LogP contribution in [0.3, 0.4) is 0 Å². The molecule has 0 fully saturated rings. The third-order valence-electron chi connectivity index (χ3n) is 0.649. The molecule has 0 aliphatic rings. The second-order valence-electron chi connectivity index (χ2n) is 1.69. The van der Waals surface area contributed by atoms with Gasteiger partial charge >= 0.3 is 5.97 Å². The monoisotopic (exact) mass is 191 g/mol. The van der Waals surface area contributed by atoms with E-state index in [2.05, 4.69) is 5.84 Å². The highest BCUT2D eigenvalue weighted by molar-refractivity contribution is 5.93. The number of nitrogens with one attached hydrogen (secondary N) is 1. The van der Waals surface area contributed by atoms with Crippen LogP contribution in [0.25, 0.3) is 0 Å². The van der Waals surface area contributed by atoms with E-state index in [9.17, 15) is 9.59 Å². The van der Waals surface area contributed by atoms with Crippen LogP contribution in [-0.4, -0.2) is 35.2 Å². The molecule has 13 heavy (non-hydrogen) atoms. The van der Waals surface area contributed by atoms with Gasteiger partial charge in [0.2, 0.25) is 0 Å². The molecule has 7 N–H and O–H groups in total. The summed E-state index contributed by atoms with van der Waals surface area (Å²) in [6.45, 7) is 0.472. The summed E-state index contributed by atoms with van der Waals surface area (Å²) in [6, 6.07) is 0. The van der Waals surface area contributed by atoms with Crippen molar-refractivity contribution in [1.82, 2.24) is 5.43 Å². The molecule has 0 aromatic carbocycles. The van der Waals surface area contributed by atoms with Crippen LogP contribution in [0.1, 0.15) is 0 Å². The predicted molar refractivity (Wildman–Crippen MR) is 45.2 cm³/mol. The Balaban J connectivity index is 0. The van der Waals surface area contributed by atoms with Gasteiger partial charge < -0.3 is 15.9 Å². The topological polar surface area (TPSA) is 139 Å². The van der Waals surface area contributed by atoms with Gasteiger partial charge in [-0.15, -0.1) is 0 Å². The number of aliphatic hydroxyl groups excluding tert-OH is 1. The molecule has 0 spiro atoms. The third-order valence-corrected chi connectivity index (χ3v) is 0.649. The Morgan fingerprint density at radius 2 is 1.85 bits per heavy atom. The molecule has 7 heteroatoms. The number of hydrogen-bond donors (Lipinski definition) is 5. The van der Waals surface area contributed by atoms with Gasteiger partial charge in [0, 0.05) is 18.7 Å². The average Bonchev–Trinajstić information content (AvgIpc) is 2.14. The van der Waals surface area contributed by atoms with Crippen LogP contribution in [0.2, 0.25) is 0 Å². The molecule has 76 valence electrons. The van der Waals surface area contributed by atoms with Crippen molar-refractivity contribution in [2.45, 2.75) is 0 Å². The van der Waals surface area contributed by atoms with Crippen molar-refractivity contribution in [2.75, 3.05) is 13.2 Å². The fraction of sp³-hybridized carbons (Fsp3) is 0.333. The lowest BCUT2D eigenvalue weighted by atomic mass is 10.5. The lowest BCUT2D eigenvalue weighted by molar-refractivity contribution is -0.131. The number of carboxylic acids is 1. The summed E-state index contributed by atoms with van der Waals surface area (Å²) in [5.74, 6) is 2.79. The van der Waals surface area contributed by atoms with Crippen LogP contribution >= 0.6 is 0 Å². The molecule has 0 bridgehead atoms. The Hall–Kier alpha value is -1.44. The zero-order valence-electron chi connectivity index (χ0n) is 6.93. The summed E-state index contributed by atoms with van der Waals surface area (Å²) in [4.78, 5) is 19.8. The molecule has 0 aromatic rings. The maximum Gasteiger partial charge on any atom is 0.328 e. The SMILES string of the molecule is NCCO.NNC(=O)/C=C\C(=O)O. The van der Waals surface area contributed by atoms with E-state index in [1.807, 2.05) is 0 Å². The van der Waals surface area contributed by atoms with Gasteiger partial charge in [-0.1, -0.05) is 0 Å². The Morgan fingerprint density at radius 3 is 2.08 bits per heavy atom. The number of rotatable bonds is 3. The van der Waals surface area contributed by atoms with E-state index in [0.717, 1.165) is 6.08 Å². The Morgan fingerprint density at radius 1 is 1.38 bits per heavy atom. The summed E-state index contributed by atoms with van der Waals surface area (Å²) in [5.41, 5.74) is 6.51. The molecular formula is C6H13N3O4. The molecule has 0 aliphatic carbocycles. The first-order chi connectivity index (χ1) is 6.08. The normalized spacial score (nSPS) is 8.85. The highest BCUT2D eigenvalue weighted by Crippen LogP contribution is 1.70. The van der Waals surface area contributed by atoms with E-state index in [4.69, 9.17) is 15.9 Å². The Bertz CT molecular complexity index is 179. The summed E-state index contributed by atoms with van der Waals surface area (Å²) < 4.78 is 0. The van der Waals surface area contributed by atoms with Crippen LogP contribution in [0.4, 0.5) is 0 Å². The number of amides is 1. The van der Waals surface area contributed by atoms with Gasteiger partial charge in [-0.2, -0.15) is 0 Å². The van der Waals surface area contributed by atoms with E-state index < -0.39 is 11.9 Å². The Labute approximate surface area is 75.0 Å². The maximum absolute atomic E-state index is 10.1. The molecule has 0 heterocycles. The van der Waals surface area contributed by atoms with Gasteiger partial charge in [-0.25, -0.2) is 10.6 Å². The zero-order valence-corrected chi connectivity index (χ0v) is 6.93. The molecule has 0 atom stereocenters. The van der Waals surface area contributed by atoms with Crippen molar-refractivity contribution >= 4 is 11.9 Å². The number of carbonyl (C=O) groups excluding carboxylic acids is 1. The van der Waals surface area contributed by atoms with Crippen LogP contribution in [0.15, 0.2) is 12.2 Å². The van der Waals surface area contributed by atoms with Crippen molar-refractivity contribution in [3.63, 3.8) is 0 Å². The molecule has 0 aromatic heterocycles. The summed E-state index contributed by atoms with van der Waals surface area (Å²) >= 11 is 0. The van der Waals surface area contributed by atoms with Gasteiger partial charge in [0.25, 0.3) is 5.91 Å². The highest BCUT2D eigenvalue weighted by atomic mass is 16.4. The third kappa shape index (κ3) is 18.0. The average molecular weight is 191 g/mol. The first-order valence-corrected chi connectivity index (χ1v) is 3.31. The van der Waals surface area contributed by atoms with Gasteiger partial charge in [0.05, 0.1) is 6.61 Å². The maximum atomic E-state index is 10.1. The summed E-state index contributed by atoms with van der Waals surface area (Å²) in [6.07, 6.45) is 1.52. The minimum Gasteiger partial charge on any atom is -0.478 e. The van der Waals surface area contributed by atoms with E-state index in [0.29, 0.717) is 12.6 Å². The van der Waals surface area contributed by atoms with Crippen LogP contribution in [0, 0.1) is 0 Å². The molecule has 0 radical (unpaired) electrons. The zero-order chi connectivity index (χ0) is 10.7. The van der Waals surface area contributed by atoms with Crippen molar-refractivity contribution < 1.29 is 19.8 Å². The van der Waals surface area contributed by atoms with Gasteiger partial charge in [-0.3, -0.25) is 10.2 Å². The molecule has 0 rings (SSSR count). The van der Waals surface area contributed by atoms with Crippen LogP contribution in [0.5, 0.6) is 0 Å². The second kappa shape index (κ2) is 10.6. The van der Waals surface area contributed by atoms with Gasteiger partial charge in [0.1, 0.15) is 0 Å². The lowest BCUT2D eigenvalue weighted by Crippen LogP contribution is -2.28. The minimum atomic E-state index is -1.18. The first kappa shape index (κ1) is 14.1. The lowest BCUT2D eigenvalue weighted by Gasteiger charge is -1.85. The molecule has 0 saturated heterocycles. The molecule has 0 aliphatic heterocycles. The van der Waals surface area contributed by atoms with E-state index in [1.165, 1.54) is 0 Å². The van der Waals surface area contributed by atoms with Crippen LogP contribution < -0.4 is 17.0 Å². The van der Waals surface area contributed by atoms with Gasteiger partial charge in [0.15, 0.2) is 0 Å². The van der Waals surface area contributed by atoms with Crippen molar-refractivity contribution in [1.29, 1.82) is 0 Å². The number of nitrogens with two attached hydrogens (primary N) is 2. The van der Waals surface area contributed by atoms with E-state index in [-0.39, 0.29) is 6.61 Å². The summed E-state index contributed by atoms with van der Waals surface area (Å²) in [7, 11) is 0. The summed E-state index contributed by atoms with van der Waals surface area (Å²) in [5, 5.41) is 15.7. The Kier molecular flexibility index (Phi) is 11.5. The van der Waals surface area contributed by atoms with Crippen molar-refractivity contribution in [2.24, 2.45) is 11.6 Å². The number of hydrogen-bond acceptors (Lipinski definition) is 5. The predicted octanol–water partition coefficient (Wildman–Crippen LogP) is -2.45. The second-order valence-corrected chi connectivity index (χ2v) is 1.69. The number of carbonyl (C=O) groups is 2. The van der Waals surface area contributed by atoms with Gasteiger partial charge in [-0.05, 0) is 0 Å².